The van der Waals surface area contributed by atoms with E-state index in [-0.39, 0.29) is 18.3 Å². The second-order valence-corrected chi connectivity index (χ2v) is 5.70. The van der Waals surface area contributed by atoms with Crippen LogP contribution in [0.1, 0.15) is 28.2 Å². The molecule has 1 aromatic heterocycles. The van der Waals surface area contributed by atoms with Crippen LogP contribution in [-0.2, 0) is 13.0 Å². The van der Waals surface area contributed by atoms with Crippen molar-refractivity contribution < 1.29 is 9.53 Å². The number of carbonyl (C=O) groups is 1. The number of hydrogen-bond acceptors (Lipinski definition) is 4. The third kappa shape index (κ3) is 4.27. The number of fused-ring (bicyclic) bond motifs is 1. The molecule has 0 unspecified atom stereocenters. The van der Waals surface area contributed by atoms with Gasteiger partial charge in [-0.05, 0) is 18.6 Å². The maximum atomic E-state index is 12.5. The van der Waals surface area contributed by atoms with E-state index in [1.807, 2.05) is 37.4 Å². The van der Waals surface area contributed by atoms with E-state index >= 15 is 0 Å². The lowest BCUT2D eigenvalue weighted by Gasteiger charge is -2.18. The van der Waals surface area contributed by atoms with Gasteiger partial charge in [0.2, 0.25) is 0 Å². The highest BCUT2D eigenvalue weighted by Crippen LogP contribution is 2.16. The second kappa shape index (κ2) is 8.70. The first-order valence-corrected chi connectivity index (χ1v) is 7.96. The molecule has 1 amide bonds. The Labute approximate surface area is 148 Å². The molecular weight excluding hydrogens is 328 g/mol. The molecule has 0 bridgehead atoms. The van der Waals surface area contributed by atoms with Crippen LogP contribution in [0, 0.1) is 0 Å². The number of carbonyl (C=O) groups excluding carboxylic acids is 1. The summed E-state index contributed by atoms with van der Waals surface area (Å²) in [4.78, 5) is 14.2. The minimum Gasteiger partial charge on any atom is -0.494 e. The Hall–Kier alpha value is -2.05. The predicted molar refractivity (Wildman–Crippen MR) is 94.8 cm³/mol. The number of amides is 1. The van der Waals surface area contributed by atoms with Crippen molar-refractivity contribution in [3.8, 4) is 5.75 Å². The van der Waals surface area contributed by atoms with E-state index < -0.39 is 0 Å². The molecular formula is C17H23ClN4O2. The molecule has 130 valence electrons. The predicted octanol–water partition coefficient (Wildman–Crippen LogP) is 2.02. The van der Waals surface area contributed by atoms with E-state index in [0.717, 1.165) is 36.4 Å². The van der Waals surface area contributed by atoms with Gasteiger partial charge in [0.15, 0.2) is 5.69 Å². The summed E-state index contributed by atoms with van der Waals surface area (Å²) < 4.78 is 5.65. The molecule has 1 aliphatic heterocycles. The van der Waals surface area contributed by atoms with Crippen LogP contribution in [0.5, 0.6) is 5.75 Å². The van der Waals surface area contributed by atoms with Crippen molar-refractivity contribution in [1.29, 1.82) is 0 Å². The Morgan fingerprint density at radius 2 is 2.12 bits per heavy atom. The van der Waals surface area contributed by atoms with Crippen LogP contribution in [0.15, 0.2) is 30.3 Å². The van der Waals surface area contributed by atoms with Gasteiger partial charge in [-0.15, -0.1) is 12.4 Å². The first-order chi connectivity index (χ1) is 11.3. The Bertz CT molecular complexity index is 660. The fourth-order valence-electron chi connectivity index (χ4n) is 2.69. The smallest absolute Gasteiger partial charge is 0.274 e. The van der Waals surface area contributed by atoms with Gasteiger partial charge in [-0.2, -0.15) is 5.10 Å². The van der Waals surface area contributed by atoms with Crippen LogP contribution >= 0.6 is 12.4 Å². The van der Waals surface area contributed by atoms with Crippen molar-refractivity contribution in [3.05, 3.63) is 47.3 Å². The van der Waals surface area contributed by atoms with E-state index in [9.17, 15) is 4.79 Å². The lowest BCUT2D eigenvalue weighted by atomic mass is 10.1. The number of halogens is 1. The Morgan fingerprint density at radius 1 is 1.33 bits per heavy atom. The molecule has 2 aromatic rings. The fourth-order valence-corrected chi connectivity index (χ4v) is 2.69. The van der Waals surface area contributed by atoms with Crippen LogP contribution in [-0.4, -0.2) is 47.7 Å². The molecule has 0 saturated carbocycles. The first kappa shape index (κ1) is 18.3. The number of nitrogens with one attached hydrogen (secondary N) is 2. The van der Waals surface area contributed by atoms with E-state index in [4.69, 9.17) is 4.74 Å². The van der Waals surface area contributed by atoms with E-state index in [1.54, 1.807) is 4.90 Å². The monoisotopic (exact) mass is 350 g/mol. The summed E-state index contributed by atoms with van der Waals surface area (Å²) in [6, 6.07) is 9.70. The van der Waals surface area contributed by atoms with Gasteiger partial charge in [0, 0.05) is 44.4 Å². The lowest BCUT2D eigenvalue weighted by Crippen LogP contribution is -2.31. The molecule has 24 heavy (non-hydrogen) atoms. The number of para-hydroxylation sites is 1. The summed E-state index contributed by atoms with van der Waals surface area (Å²) in [6.07, 6.45) is 1.67. The quantitative estimate of drug-likeness (QED) is 0.782. The van der Waals surface area contributed by atoms with Gasteiger partial charge in [-0.25, -0.2) is 0 Å². The fraction of sp³-hybridized carbons (Fsp3) is 0.412. The molecule has 6 nitrogen and oxygen atoms in total. The molecule has 1 aliphatic rings. The van der Waals surface area contributed by atoms with Gasteiger partial charge in [-0.1, -0.05) is 18.2 Å². The summed E-state index contributed by atoms with van der Waals surface area (Å²) >= 11 is 0. The summed E-state index contributed by atoms with van der Waals surface area (Å²) in [5, 5.41) is 10.5. The standard InChI is InChI=1S/C17H22N4O2.ClH/c1-21(10-5-11-23-13-6-3-2-4-7-13)17(22)16-14-12-18-9-8-15(14)19-20-16;/h2-4,6-7,18H,5,8-12H2,1H3,(H,19,20);1H. The molecule has 0 radical (unpaired) electrons. The van der Waals surface area contributed by atoms with Crippen LogP contribution in [0.4, 0.5) is 0 Å². The molecule has 2 heterocycles. The third-order valence-electron chi connectivity index (χ3n) is 4.01. The minimum atomic E-state index is -0.0362. The SMILES string of the molecule is CN(CCCOc1ccccc1)C(=O)c1n[nH]c2c1CNCC2.Cl. The zero-order valence-electron chi connectivity index (χ0n) is 13.7. The molecule has 3 rings (SSSR count). The Morgan fingerprint density at radius 3 is 2.92 bits per heavy atom. The molecule has 0 fully saturated rings. The highest BCUT2D eigenvalue weighted by molar-refractivity contribution is 5.93. The second-order valence-electron chi connectivity index (χ2n) is 5.70. The lowest BCUT2D eigenvalue weighted by molar-refractivity contribution is 0.0780. The zero-order valence-corrected chi connectivity index (χ0v) is 14.6. The van der Waals surface area contributed by atoms with Crippen LogP contribution in [0.25, 0.3) is 0 Å². The number of H-pyrrole nitrogens is 1. The number of benzene rings is 1. The molecule has 0 spiro atoms. The summed E-state index contributed by atoms with van der Waals surface area (Å²) in [5.41, 5.74) is 2.63. The van der Waals surface area contributed by atoms with E-state index in [0.29, 0.717) is 25.4 Å². The van der Waals surface area contributed by atoms with Gasteiger partial charge in [-0.3, -0.25) is 9.89 Å². The van der Waals surface area contributed by atoms with Crippen LogP contribution in [0.3, 0.4) is 0 Å². The highest BCUT2D eigenvalue weighted by Gasteiger charge is 2.23. The maximum absolute atomic E-state index is 12.5. The molecule has 7 heteroatoms. The molecule has 0 saturated heterocycles. The first-order valence-electron chi connectivity index (χ1n) is 7.96. The summed E-state index contributed by atoms with van der Waals surface area (Å²) in [5.74, 6) is 0.819. The number of aromatic amines is 1. The number of ether oxygens (including phenoxy) is 1. The molecule has 0 aliphatic carbocycles. The van der Waals surface area contributed by atoms with Gasteiger partial charge in [0.05, 0.1) is 6.61 Å². The number of hydrogen-bond donors (Lipinski definition) is 2. The van der Waals surface area contributed by atoms with Gasteiger partial charge in [0.1, 0.15) is 5.75 Å². The van der Waals surface area contributed by atoms with Crippen molar-refractivity contribution in [3.63, 3.8) is 0 Å². The van der Waals surface area contributed by atoms with Crippen LogP contribution < -0.4 is 10.1 Å². The average molecular weight is 351 g/mol. The van der Waals surface area contributed by atoms with Crippen molar-refractivity contribution in [2.75, 3.05) is 26.7 Å². The van der Waals surface area contributed by atoms with E-state index in [2.05, 4.69) is 15.5 Å². The van der Waals surface area contributed by atoms with Gasteiger partial charge in [0.25, 0.3) is 5.91 Å². The maximum Gasteiger partial charge on any atom is 0.274 e. The van der Waals surface area contributed by atoms with E-state index in [1.165, 1.54) is 0 Å². The Kier molecular flexibility index (Phi) is 6.63. The zero-order chi connectivity index (χ0) is 16.1. The summed E-state index contributed by atoms with van der Waals surface area (Å²) in [6.45, 7) is 2.86. The largest absolute Gasteiger partial charge is 0.494 e. The van der Waals surface area contributed by atoms with Crippen LogP contribution in [0.2, 0.25) is 0 Å². The topological polar surface area (TPSA) is 70.2 Å². The number of rotatable bonds is 6. The molecule has 1 aromatic carbocycles. The normalized spacial score (nSPS) is 12.9. The van der Waals surface area contributed by atoms with Crippen molar-refractivity contribution in [1.82, 2.24) is 20.4 Å². The highest BCUT2D eigenvalue weighted by atomic mass is 35.5. The van der Waals surface area contributed by atoms with Crippen molar-refractivity contribution in [2.24, 2.45) is 0 Å². The number of nitrogens with zero attached hydrogens (tertiary/aromatic N) is 2. The number of aromatic nitrogens is 2. The van der Waals surface area contributed by atoms with Crippen molar-refractivity contribution >= 4 is 18.3 Å². The van der Waals surface area contributed by atoms with Gasteiger partial charge >= 0.3 is 0 Å². The van der Waals surface area contributed by atoms with Crippen molar-refractivity contribution in [2.45, 2.75) is 19.4 Å². The minimum absolute atomic E-state index is 0. The van der Waals surface area contributed by atoms with Gasteiger partial charge < -0.3 is 15.0 Å². The molecule has 0 atom stereocenters. The third-order valence-corrected chi connectivity index (χ3v) is 4.01. The average Bonchev–Trinajstić information content (AvgIpc) is 3.03. The Balaban J connectivity index is 0.00000208. The summed E-state index contributed by atoms with van der Waals surface area (Å²) in [7, 11) is 1.81. The molecule has 2 N–H and O–H groups in total.